The van der Waals surface area contributed by atoms with Crippen molar-refractivity contribution in [1.82, 2.24) is 14.5 Å². The molecule has 6 rings (SSSR count). The van der Waals surface area contributed by atoms with Crippen molar-refractivity contribution in [2.24, 2.45) is 0 Å². The average molecular weight is 482 g/mol. The predicted octanol–water partition coefficient (Wildman–Crippen LogP) is 3.40. The first-order chi connectivity index (χ1) is 17.6. The summed E-state index contributed by atoms with van der Waals surface area (Å²) in [4.78, 5) is 43.6. The Kier molecular flexibility index (Phi) is 5.41. The van der Waals surface area contributed by atoms with Gasteiger partial charge in [0.05, 0.1) is 17.4 Å². The molecule has 0 spiro atoms. The third-order valence-corrected chi connectivity index (χ3v) is 6.65. The van der Waals surface area contributed by atoms with Crippen LogP contribution < -0.4 is 20.7 Å². The van der Waals surface area contributed by atoms with Crippen LogP contribution in [0.4, 0.5) is 0 Å². The van der Waals surface area contributed by atoms with Gasteiger partial charge in [-0.2, -0.15) is 0 Å². The molecule has 0 atom stereocenters. The zero-order chi connectivity index (χ0) is 24.6. The number of hydrogen-bond donors (Lipinski definition) is 1. The second-order valence-corrected chi connectivity index (χ2v) is 8.87. The van der Waals surface area contributed by atoms with Crippen molar-refractivity contribution in [3.05, 3.63) is 110 Å². The Morgan fingerprint density at radius 2 is 1.78 bits per heavy atom. The van der Waals surface area contributed by atoms with Crippen LogP contribution in [-0.2, 0) is 6.54 Å². The summed E-state index contributed by atoms with van der Waals surface area (Å²) in [6.45, 7) is 1.35. The summed E-state index contributed by atoms with van der Waals surface area (Å²) in [7, 11) is 0. The normalized spacial score (nSPS) is 14.7. The Morgan fingerprint density at radius 3 is 2.58 bits per heavy atom. The molecule has 0 aliphatic carbocycles. The molecule has 0 saturated carbocycles. The van der Waals surface area contributed by atoms with E-state index >= 15 is 0 Å². The van der Waals surface area contributed by atoms with E-state index in [2.05, 4.69) is 23.2 Å². The van der Waals surface area contributed by atoms with E-state index in [1.165, 1.54) is 11.1 Å². The van der Waals surface area contributed by atoms with Crippen molar-refractivity contribution in [3.8, 4) is 11.5 Å². The van der Waals surface area contributed by atoms with Crippen molar-refractivity contribution in [2.75, 3.05) is 19.9 Å². The van der Waals surface area contributed by atoms with Gasteiger partial charge in [-0.1, -0.05) is 42.5 Å². The lowest BCUT2D eigenvalue weighted by molar-refractivity contribution is 0.0773. The lowest BCUT2D eigenvalue weighted by Crippen LogP contribution is -2.36. The molecule has 0 unspecified atom stereocenters. The van der Waals surface area contributed by atoms with E-state index in [0.29, 0.717) is 41.1 Å². The number of fused-ring (bicyclic) bond motifs is 2. The maximum absolute atomic E-state index is 13.2. The van der Waals surface area contributed by atoms with Crippen LogP contribution in [0.25, 0.3) is 16.5 Å². The largest absolute Gasteiger partial charge is 0.454 e. The van der Waals surface area contributed by atoms with Crippen LogP contribution >= 0.6 is 0 Å². The minimum atomic E-state index is -0.539. The molecule has 4 aromatic rings. The Morgan fingerprint density at radius 1 is 0.944 bits per heavy atom. The van der Waals surface area contributed by atoms with E-state index in [4.69, 9.17) is 9.47 Å². The SMILES string of the molecule is O=C(c1ccc2c(=O)n(Cc3ccc4c(c3)OCO4)c(=O)[nH]c2c1)N1CC=C(c2ccccc2)CC1. The fraction of sp³-hybridized carbons (Fsp3) is 0.179. The smallest absolute Gasteiger partial charge is 0.329 e. The summed E-state index contributed by atoms with van der Waals surface area (Å²) >= 11 is 0. The van der Waals surface area contributed by atoms with Gasteiger partial charge in [0.15, 0.2) is 11.5 Å². The fourth-order valence-electron chi connectivity index (χ4n) is 4.70. The number of nitrogens with zero attached hydrogens (tertiary/aromatic N) is 2. The molecule has 0 radical (unpaired) electrons. The van der Waals surface area contributed by atoms with Gasteiger partial charge in [-0.05, 0) is 53.5 Å². The first-order valence-electron chi connectivity index (χ1n) is 11.8. The molecule has 8 nitrogen and oxygen atoms in total. The molecular formula is C28H23N3O5. The number of hydrogen-bond acceptors (Lipinski definition) is 5. The van der Waals surface area contributed by atoms with E-state index in [1.807, 2.05) is 18.2 Å². The van der Waals surface area contributed by atoms with Gasteiger partial charge >= 0.3 is 5.69 Å². The summed E-state index contributed by atoms with van der Waals surface area (Å²) in [5.41, 5.74) is 2.96. The maximum Gasteiger partial charge on any atom is 0.329 e. The van der Waals surface area contributed by atoms with Gasteiger partial charge in [-0.15, -0.1) is 0 Å². The molecule has 2 aliphatic heterocycles. The number of amides is 1. The lowest BCUT2D eigenvalue weighted by atomic mass is 9.99. The molecule has 0 saturated heterocycles. The van der Waals surface area contributed by atoms with Gasteiger partial charge in [-0.3, -0.25) is 14.2 Å². The number of rotatable bonds is 4. The number of H-pyrrole nitrogens is 1. The van der Waals surface area contributed by atoms with Crippen LogP contribution in [0.15, 0.2) is 82.4 Å². The number of aromatic nitrogens is 2. The first-order valence-corrected chi connectivity index (χ1v) is 11.8. The second kappa shape index (κ2) is 8.88. The third kappa shape index (κ3) is 3.96. The highest BCUT2D eigenvalue weighted by atomic mass is 16.7. The molecule has 36 heavy (non-hydrogen) atoms. The van der Waals surface area contributed by atoms with Crippen LogP contribution in [0.1, 0.15) is 27.9 Å². The summed E-state index contributed by atoms with van der Waals surface area (Å²) in [5.74, 6) is 1.09. The molecule has 0 bridgehead atoms. The van der Waals surface area contributed by atoms with Crippen molar-refractivity contribution < 1.29 is 14.3 Å². The van der Waals surface area contributed by atoms with Gasteiger partial charge in [-0.25, -0.2) is 4.79 Å². The number of carbonyl (C=O) groups excluding carboxylic acids is 1. The quantitative estimate of drug-likeness (QED) is 0.482. The molecule has 1 N–H and O–H groups in total. The zero-order valence-corrected chi connectivity index (χ0v) is 19.4. The van der Waals surface area contributed by atoms with Crippen LogP contribution in [0, 0.1) is 0 Å². The molecule has 8 heteroatoms. The molecule has 1 amide bonds. The Bertz CT molecular complexity index is 1640. The number of benzene rings is 3. The Labute approximate surface area is 206 Å². The predicted molar refractivity (Wildman–Crippen MR) is 135 cm³/mol. The van der Waals surface area contributed by atoms with Gasteiger partial charge in [0.1, 0.15) is 0 Å². The Hall–Kier alpha value is -4.59. The molecule has 2 aliphatic rings. The fourth-order valence-corrected chi connectivity index (χ4v) is 4.70. The third-order valence-electron chi connectivity index (χ3n) is 6.65. The van der Waals surface area contributed by atoms with E-state index in [1.54, 1.807) is 41.3 Å². The topological polar surface area (TPSA) is 93.6 Å². The minimum Gasteiger partial charge on any atom is -0.454 e. The van der Waals surface area contributed by atoms with Crippen LogP contribution in [0.5, 0.6) is 11.5 Å². The second-order valence-electron chi connectivity index (χ2n) is 8.87. The molecule has 3 heterocycles. The number of carbonyl (C=O) groups is 1. The van der Waals surface area contributed by atoms with Gasteiger partial charge in [0, 0.05) is 18.7 Å². The molecular weight excluding hydrogens is 458 g/mol. The molecule has 0 fully saturated rings. The molecule has 180 valence electrons. The van der Waals surface area contributed by atoms with Crippen molar-refractivity contribution in [3.63, 3.8) is 0 Å². The standard InChI is InChI=1S/C28H23N3O5/c32-26(30-12-10-20(11-13-30)19-4-2-1-3-5-19)21-7-8-22-23(15-21)29-28(34)31(27(22)33)16-18-6-9-24-25(14-18)36-17-35-24/h1-10,14-15H,11-13,16-17H2,(H,29,34). The molecule has 3 aromatic carbocycles. The number of nitrogens with one attached hydrogen (secondary N) is 1. The van der Waals surface area contributed by atoms with Gasteiger partial charge in [0.25, 0.3) is 11.5 Å². The summed E-state index contributed by atoms with van der Waals surface area (Å²) in [6, 6.07) is 20.3. The van der Waals surface area contributed by atoms with Crippen molar-refractivity contribution >= 4 is 22.4 Å². The minimum absolute atomic E-state index is 0.0886. The lowest BCUT2D eigenvalue weighted by Gasteiger charge is -2.27. The van der Waals surface area contributed by atoms with E-state index in [0.717, 1.165) is 16.6 Å². The van der Waals surface area contributed by atoms with Crippen LogP contribution in [0.3, 0.4) is 0 Å². The van der Waals surface area contributed by atoms with Gasteiger partial charge in [0.2, 0.25) is 6.79 Å². The first kappa shape index (κ1) is 21.9. The Balaban J connectivity index is 1.25. The van der Waals surface area contributed by atoms with E-state index in [9.17, 15) is 14.4 Å². The summed E-state index contributed by atoms with van der Waals surface area (Å²) < 4.78 is 11.8. The van der Waals surface area contributed by atoms with E-state index < -0.39 is 11.2 Å². The summed E-state index contributed by atoms with van der Waals surface area (Å²) in [5, 5.41) is 0.344. The van der Waals surface area contributed by atoms with Gasteiger partial charge < -0.3 is 19.4 Å². The summed E-state index contributed by atoms with van der Waals surface area (Å²) in [6.07, 6.45) is 2.85. The van der Waals surface area contributed by atoms with Crippen LogP contribution in [-0.4, -0.2) is 40.2 Å². The maximum atomic E-state index is 13.2. The highest BCUT2D eigenvalue weighted by Crippen LogP contribution is 2.32. The molecule has 1 aromatic heterocycles. The van der Waals surface area contributed by atoms with E-state index in [-0.39, 0.29) is 19.2 Å². The highest BCUT2D eigenvalue weighted by molar-refractivity contribution is 5.98. The highest BCUT2D eigenvalue weighted by Gasteiger charge is 2.21. The van der Waals surface area contributed by atoms with Crippen LogP contribution in [0.2, 0.25) is 0 Å². The van der Waals surface area contributed by atoms with Crippen molar-refractivity contribution in [2.45, 2.75) is 13.0 Å². The van der Waals surface area contributed by atoms with Crippen molar-refractivity contribution in [1.29, 1.82) is 0 Å². The average Bonchev–Trinajstić information content (AvgIpc) is 3.39. The number of aromatic amines is 1. The zero-order valence-electron chi connectivity index (χ0n) is 19.4. The number of ether oxygens (including phenoxy) is 2. The monoisotopic (exact) mass is 481 g/mol.